The van der Waals surface area contributed by atoms with Crippen LogP contribution in [0.3, 0.4) is 0 Å². The molecule has 0 saturated heterocycles. The highest BCUT2D eigenvalue weighted by Crippen LogP contribution is 2.25. The van der Waals surface area contributed by atoms with Gasteiger partial charge in [-0.2, -0.15) is 11.3 Å². The zero-order valence-corrected chi connectivity index (χ0v) is 14.5. The lowest BCUT2D eigenvalue weighted by atomic mass is 10.3. The van der Waals surface area contributed by atoms with E-state index in [0.717, 1.165) is 17.1 Å². The standard InChI is InChI=1S/C17H16N4OS2/c1-2-9-21-16(13-8-10-23-11-13)19-20-17(21)24-12-15(22)18-14-6-4-3-5-7-14/h2-8,10-11H,1,9,12H2,(H,18,22). The van der Waals surface area contributed by atoms with E-state index in [1.807, 2.05) is 51.7 Å². The highest BCUT2D eigenvalue weighted by atomic mass is 32.2. The van der Waals surface area contributed by atoms with Gasteiger partial charge in [-0.25, -0.2) is 0 Å². The van der Waals surface area contributed by atoms with E-state index in [9.17, 15) is 4.79 Å². The van der Waals surface area contributed by atoms with E-state index >= 15 is 0 Å². The average molecular weight is 356 g/mol. The minimum atomic E-state index is -0.0727. The van der Waals surface area contributed by atoms with E-state index in [2.05, 4.69) is 22.1 Å². The Labute approximate surface area is 148 Å². The van der Waals surface area contributed by atoms with Gasteiger partial charge in [0.1, 0.15) is 0 Å². The topological polar surface area (TPSA) is 59.8 Å². The van der Waals surface area contributed by atoms with Crippen molar-refractivity contribution in [3.63, 3.8) is 0 Å². The summed E-state index contributed by atoms with van der Waals surface area (Å²) >= 11 is 2.98. The van der Waals surface area contributed by atoms with Crippen molar-refractivity contribution in [2.45, 2.75) is 11.7 Å². The molecule has 0 spiro atoms. The van der Waals surface area contributed by atoms with Crippen molar-refractivity contribution in [1.29, 1.82) is 0 Å². The summed E-state index contributed by atoms with van der Waals surface area (Å²) in [7, 11) is 0. The van der Waals surface area contributed by atoms with E-state index < -0.39 is 0 Å². The van der Waals surface area contributed by atoms with E-state index in [4.69, 9.17) is 0 Å². The number of amides is 1. The van der Waals surface area contributed by atoms with Crippen molar-refractivity contribution in [1.82, 2.24) is 14.8 Å². The second-order valence-electron chi connectivity index (χ2n) is 4.92. The third kappa shape index (κ3) is 3.93. The molecular formula is C17H16N4OS2. The van der Waals surface area contributed by atoms with Gasteiger partial charge in [0.15, 0.2) is 11.0 Å². The molecule has 0 fully saturated rings. The molecule has 0 atom stereocenters. The molecule has 0 saturated carbocycles. The quantitative estimate of drug-likeness (QED) is 0.515. The average Bonchev–Trinajstić information content (AvgIpc) is 3.24. The van der Waals surface area contributed by atoms with Crippen molar-refractivity contribution >= 4 is 34.7 Å². The molecule has 7 heteroatoms. The van der Waals surface area contributed by atoms with Gasteiger partial charge >= 0.3 is 0 Å². The van der Waals surface area contributed by atoms with Crippen LogP contribution in [0, 0.1) is 0 Å². The maximum Gasteiger partial charge on any atom is 0.234 e. The molecule has 0 aliphatic rings. The highest BCUT2D eigenvalue weighted by molar-refractivity contribution is 7.99. The first-order chi connectivity index (χ1) is 11.8. The zero-order chi connectivity index (χ0) is 16.8. The number of benzene rings is 1. The fourth-order valence-corrected chi connectivity index (χ4v) is 3.53. The number of carbonyl (C=O) groups is 1. The molecule has 5 nitrogen and oxygen atoms in total. The van der Waals surface area contributed by atoms with Crippen LogP contribution in [-0.4, -0.2) is 26.4 Å². The molecule has 122 valence electrons. The summed E-state index contributed by atoms with van der Waals surface area (Å²) in [4.78, 5) is 12.1. The number of carbonyl (C=O) groups excluding carboxylic acids is 1. The molecule has 2 heterocycles. The molecule has 2 aromatic heterocycles. The number of aromatic nitrogens is 3. The molecule has 0 radical (unpaired) electrons. The Kier molecular flexibility index (Phi) is 5.45. The predicted octanol–water partition coefficient (Wildman–Crippen LogP) is 3.92. The van der Waals surface area contributed by atoms with Gasteiger partial charge in [0.05, 0.1) is 5.75 Å². The molecule has 24 heavy (non-hydrogen) atoms. The molecular weight excluding hydrogens is 340 g/mol. The van der Waals surface area contributed by atoms with Crippen molar-refractivity contribution in [2.24, 2.45) is 0 Å². The largest absolute Gasteiger partial charge is 0.325 e. The Morgan fingerprint density at radius 3 is 2.83 bits per heavy atom. The van der Waals surface area contributed by atoms with Gasteiger partial charge in [-0.3, -0.25) is 9.36 Å². The monoisotopic (exact) mass is 356 g/mol. The summed E-state index contributed by atoms with van der Waals surface area (Å²) in [6.45, 7) is 4.39. The first-order valence-corrected chi connectivity index (χ1v) is 9.25. The summed E-state index contributed by atoms with van der Waals surface area (Å²) in [6.07, 6.45) is 1.80. The van der Waals surface area contributed by atoms with Crippen molar-refractivity contribution in [3.05, 3.63) is 59.8 Å². The van der Waals surface area contributed by atoms with Crippen LogP contribution in [0.25, 0.3) is 11.4 Å². The maximum atomic E-state index is 12.1. The molecule has 1 N–H and O–H groups in total. The Hall–Kier alpha value is -2.38. The van der Waals surface area contributed by atoms with Gasteiger partial charge in [0.2, 0.25) is 5.91 Å². The van der Waals surface area contributed by atoms with Crippen LogP contribution in [0.2, 0.25) is 0 Å². The first-order valence-electron chi connectivity index (χ1n) is 7.32. The van der Waals surface area contributed by atoms with Crippen molar-refractivity contribution in [2.75, 3.05) is 11.1 Å². The molecule has 3 aromatic rings. The van der Waals surface area contributed by atoms with Gasteiger partial charge in [0.25, 0.3) is 0 Å². The normalized spacial score (nSPS) is 10.5. The summed E-state index contributed by atoms with van der Waals surface area (Å²) in [5.74, 6) is 0.993. The van der Waals surface area contributed by atoms with Crippen LogP contribution in [0.1, 0.15) is 0 Å². The third-order valence-electron chi connectivity index (χ3n) is 3.20. The number of allylic oxidation sites excluding steroid dienone is 1. The number of nitrogens with zero attached hydrogens (tertiary/aromatic N) is 3. The lowest BCUT2D eigenvalue weighted by Crippen LogP contribution is -2.14. The zero-order valence-electron chi connectivity index (χ0n) is 12.9. The highest BCUT2D eigenvalue weighted by Gasteiger charge is 2.15. The maximum absolute atomic E-state index is 12.1. The lowest BCUT2D eigenvalue weighted by molar-refractivity contribution is -0.113. The summed E-state index contributed by atoms with van der Waals surface area (Å²) in [6, 6.07) is 11.4. The SMILES string of the molecule is C=CCn1c(SCC(=O)Nc2ccccc2)nnc1-c1ccsc1. The van der Waals surface area contributed by atoms with Gasteiger partial charge < -0.3 is 5.32 Å². The molecule has 0 bridgehead atoms. The van der Waals surface area contributed by atoms with E-state index in [1.165, 1.54) is 11.8 Å². The van der Waals surface area contributed by atoms with Crippen LogP contribution in [-0.2, 0) is 11.3 Å². The molecule has 0 aliphatic carbocycles. The number of para-hydroxylation sites is 1. The summed E-state index contributed by atoms with van der Waals surface area (Å²) in [5.41, 5.74) is 1.81. The second-order valence-corrected chi connectivity index (χ2v) is 6.64. The minimum Gasteiger partial charge on any atom is -0.325 e. The number of thiophene rings is 1. The van der Waals surface area contributed by atoms with E-state index in [1.54, 1.807) is 17.4 Å². The summed E-state index contributed by atoms with van der Waals surface area (Å²) < 4.78 is 1.97. The number of thioether (sulfide) groups is 1. The second kappa shape index (κ2) is 7.94. The number of rotatable bonds is 7. The van der Waals surface area contributed by atoms with Crippen molar-refractivity contribution in [3.8, 4) is 11.4 Å². The Morgan fingerprint density at radius 1 is 1.29 bits per heavy atom. The Morgan fingerprint density at radius 2 is 2.12 bits per heavy atom. The van der Waals surface area contributed by atoms with Crippen molar-refractivity contribution < 1.29 is 4.79 Å². The molecule has 1 aromatic carbocycles. The minimum absolute atomic E-state index is 0.0727. The van der Waals surface area contributed by atoms with E-state index in [0.29, 0.717) is 11.7 Å². The van der Waals surface area contributed by atoms with Gasteiger partial charge in [-0.1, -0.05) is 36.0 Å². The number of hydrogen-bond acceptors (Lipinski definition) is 5. The van der Waals surface area contributed by atoms with Crippen LogP contribution in [0.5, 0.6) is 0 Å². The fraction of sp³-hybridized carbons (Fsp3) is 0.118. The Balaban J connectivity index is 1.69. The third-order valence-corrected chi connectivity index (χ3v) is 4.85. The van der Waals surface area contributed by atoms with Gasteiger partial charge in [-0.15, -0.1) is 16.8 Å². The molecule has 0 aliphatic heterocycles. The van der Waals surface area contributed by atoms with Crippen LogP contribution in [0.15, 0.2) is 65.0 Å². The number of hydrogen-bond donors (Lipinski definition) is 1. The van der Waals surface area contributed by atoms with Crippen LogP contribution < -0.4 is 5.32 Å². The number of nitrogens with one attached hydrogen (secondary N) is 1. The molecule has 3 rings (SSSR count). The number of anilines is 1. The van der Waals surface area contributed by atoms with Crippen LogP contribution >= 0.6 is 23.1 Å². The van der Waals surface area contributed by atoms with Crippen LogP contribution in [0.4, 0.5) is 5.69 Å². The first kappa shape index (κ1) is 16.5. The lowest BCUT2D eigenvalue weighted by Gasteiger charge is -2.07. The van der Waals surface area contributed by atoms with Gasteiger partial charge in [-0.05, 0) is 23.6 Å². The Bertz CT molecular complexity index is 813. The smallest absolute Gasteiger partial charge is 0.234 e. The summed E-state index contributed by atoms with van der Waals surface area (Å²) in [5, 5.41) is 16.1. The van der Waals surface area contributed by atoms with E-state index in [-0.39, 0.29) is 11.7 Å². The predicted molar refractivity (Wildman–Crippen MR) is 99.3 cm³/mol. The fourth-order valence-electron chi connectivity index (χ4n) is 2.14. The van der Waals surface area contributed by atoms with Gasteiger partial charge in [0, 0.05) is 23.2 Å². The molecule has 1 amide bonds. The molecule has 0 unspecified atom stereocenters.